The highest BCUT2D eigenvalue weighted by atomic mass is 16.3. The van der Waals surface area contributed by atoms with E-state index in [1.807, 2.05) is 0 Å². The molecule has 0 saturated heterocycles. The molecule has 0 aromatic heterocycles. The van der Waals surface area contributed by atoms with Gasteiger partial charge in [-0.1, -0.05) is 13.2 Å². The summed E-state index contributed by atoms with van der Waals surface area (Å²) in [5.41, 5.74) is 0.496. The number of hydrogen-bond donors (Lipinski definition) is 2. The van der Waals surface area contributed by atoms with Gasteiger partial charge in [-0.3, -0.25) is 4.79 Å². The smallest absolute Gasteiger partial charge is 0.245 e. The molecule has 0 heterocycles. The van der Waals surface area contributed by atoms with Gasteiger partial charge >= 0.3 is 0 Å². The number of aliphatic hydroxyl groups excluding tert-OH is 1. The van der Waals surface area contributed by atoms with E-state index in [1.165, 1.54) is 0 Å². The van der Waals surface area contributed by atoms with Gasteiger partial charge in [0.25, 0.3) is 0 Å². The molecule has 0 spiro atoms. The summed E-state index contributed by atoms with van der Waals surface area (Å²) in [6.07, 6.45) is 0.122. The monoisotopic (exact) mass is 141 g/mol. The van der Waals surface area contributed by atoms with E-state index in [9.17, 15) is 4.79 Å². The molecule has 2 N–H and O–H groups in total. The lowest BCUT2D eigenvalue weighted by molar-refractivity contribution is -0.118. The number of nitrogens with one attached hydrogen (secondary N) is 1. The maximum absolute atomic E-state index is 10.5. The Morgan fingerprint density at radius 2 is 2.30 bits per heavy atom. The summed E-state index contributed by atoms with van der Waals surface area (Å²) in [5, 5.41) is 11.2. The third-order valence-electron chi connectivity index (χ3n) is 0.931. The zero-order valence-corrected chi connectivity index (χ0v) is 5.92. The SMILES string of the molecule is C=CC(=O)NC(O)C(=C)C. The molecule has 0 radical (unpaired) electrons. The molecule has 1 unspecified atom stereocenters. The topological polar surface area (TPSA) is 49.3 Å². The second-order valence-corrected chi connectivity index (χ2v) is 1.96. The van der Waals surface area contributed by atoms with Gasteiger partial charge in [0, 0.05) is 0 Å². The quantitative estimate of drug-likeness (QED) is 0.334. The highest BCUT2D eigenvalue weighted by Gasteiger charge is 2.04. The summed E-state index contributed by atoms with van der Waals surface area (Å²) in [7, 11) is 0. The highest BCUT2D eigenvalue weighted by molar-refractivity contribution is 5.87. The third kappa shape index (κ3) is 3.04. The van der Waals surface area contributed by atoms with Crippen LogP contribution in [0.4, 0.5) is 0 Å². The predicted octanol–water partition coefficient (Wildman–Crippen LogP) is 0.183. The fourth-order valence-corrected chi connectivity index (χ4v) is 0.317. The average molecular weight is 141 g/mol. The van der Waals surface area contributed by atoms with Gasteiger partial charge in [0.2, 0.25) is 5.91 Å². The fourth-order valence-electron chi connectivity index (χ4n) is 0.317. The Hall–Kier alpha value is -1.09. The average Bonchev–Trinajstić information content (AvgIpc) is 1.87. The van der Waals surface area contributed by atoms with Crippen molar-refractivity contribution in [3.63, 3.8) is 0 Å². The number of amides is 1. The van der Waals surface area contributed by atoms with E-state index in [0.717, 1.165) is 6.08 Å². The van der Waals surface area contributed by atoms with Crippen molar-refractivity contribution in [1.29, 1.82) is 0 Å². The molecule has 0 fully saturated rings. The van der Waals surface area contributed by atoms with Crippen LogP contribution in [0.2, 0.25) is 0 Å². The number of rotatable bonds is 3. The molecule has 1 amide bonds. The first-order valence-electron chi connectivity index (χ1n) is 2.84. The van der Waals surface area contributed by atoms with Crippen LogP contribution in [0.15, 0.2) is 24.8 Å². The lowest BCUT2D eigenvalue weighted by atomic mass is 10.3. The summed E-state index contributed by atoms with van der Waals surface area (Å²) in [4.78, 5) is 10.5. The lowest BCUT2D eigenvalue weighted by Gasteiger charge is -2.09. The summed E-state index contributed by atoms with van der Waals surface area (Å²) >= 11 is 0. The van der Waals surface area contributed by atoms with Crippen LogP contribution in [0.3, 0.4) is 0 Å². The summed E-state index contributed by atoms with van der Waals surface area (Å²) in [6.45, 7) is 8.28. The minimum absolute atomic E-state index is 0.407. The molecule has 10 heavy (non-hydrogen) atoms. The number of aliphatic hydroxyl groups is 1. The van der Waals surface area contributed by atoms with E-state index in [4.69, 9.17) is 5.11 Å². The van der Waals surface area contributed by atoms with Crippen LogP contribution in [0, 0.1) is 0 Å². The van der Waals surface area contributed by atoms with Gasteiger partial charge in [0.05, 0.1) is 0 Å². The van der Waals surface area contributed by atoms with Crippen molar-refractivity contribution in [3.8, 4) is 0 Å². The number of carbonyl (C=O) groups excluding carboxylic acids is 1. The Balaban J connectivity index is 3.79. The van der Waals surface area contributed by atoms with E-state index in [2.05, 4.69) is 18.5 Å². The van der Waals surface area contributed by atoms with Gasteiger partial charge in [-0.05, 0) is 18.6 Å². The van der Waals surface area contributed by atoms with E-state index in [0.29, 0.717) is 5.57 Å². The third-order valence-corrected chi connectivity index (χ3v) is 0.931. The largest absolute Gasteiger partial charge is 0.370 e. The first kappa shape index (κ1) is 8.91. The standard InChI is InChI=1S/C7H11NO2/c1-4-6(9)8-7(10)5(2)3/h4,7,10H,1-2H2,3H3,(H,8,9). The van der Waals surface area contributed by atoms with Gasteiger partial charge in [0.1, 0.15) is 6.23 Å². The summed E-state index contributed by atoms with van der Waals surface area (Å²) < 4.78 is 0. The van der Waals surface area contributed by atoms with Gasteiger partial charge in [-0.25, -0.2) is 0 Å². The first-order valence-corrected chi connectivity index (χ1v) is 2.84. The first-order chi connectivity index (χ1) is 4.57. The van der Waals surface area contributed by atoms with Gasteiger partial charge < -0.3 is 10.4 Å². The van der Waals surface area contributed by atoms with Gasteiger partial charge in [0.15, 0.2) is 0 Å². The molecule has 0 bridgehead atoms. The summed E-state index contributed by atoms with van der Waals surface area (Å²) in [5.74, 6) is -0.407. The molecule has 3 heteroatoms. The molecule has 0 aromatic carbocycles. The van der Waals surface area contributed by atoms with Gasteiger partial charge in [-0.2, -0.15) is 0 Å². The Morgan fingerprint density at radius 3 is 2.60 bits per heavy atom. The maximum Gasteiger partial charge on any atom is 0.245 e. The second kappa shape index (κ2) is 3.85. The Bertz CT molecular complexity index is 163. The van der Waals surface area contributed by atoms with Gasteiger partial charge in [-0.15, -0.1) is 0 Å². The van der Waals surface area contributed by atoms with Crippen LogP contribution in [0.1, 0.15) is 6.92 Å². The Morgan fingerprint density at radius 1 is 1.80 bits per heavy atom. The van der Waals surface area contributed by atoms with E-state index in [-0.39, 0.29) is 0 Å². The second-order valence-electron chi connectivity index (χ2n) is 1.96. The van der Waals surface area contributed by atoms with Crippen molar-refractivity contribution in [2.24, 2.45) is 0 Å². The molecular formula is C7H11NO2. The molecule has 3 nitrogen and oxygen atoms in total. The van der Waals surface area contributed by atoms with Crippen LogP contribution >= 0.6 is 0 Å². The van der Waals surface area contributed by atoms with Crippen molar-refractivity contribution in [2.45, 2.75) is 13.2 Å². The van der Waals surface area contributed by atoms with Crippen molar-refractivity contribution in [2.75, 3.05) is 0 Å². The lowest BCUT2D eigenvalue weighted by Crippen LogP contribution is -2.33. The fraction of sp³-hybridized carbons (Fsp3) is 0.286. The van der Waals surface area contributed by atoms with Crippen molar-refractivity contribution in [3.05, 3.63) is 24.8 Å². The maximum atomic E-state index is 10.5. The molecule has 0 aliphatic rings. The zero-order valence-electron chi connectivity index (χ0n) is 5.92. The normalized spacial score (nSPS) is 11.8. The minimum atomic E-state index is -0.967. The molecule has 0 saturated carbocycles. The van der Waals surface area contributed by atoms with Crippen LogP contribution in [-0.4, -0.2) is 17.2 Å². The van der Waals surface area contributed by atoms with Crippen LogP contribution in [0.5, 0.6) is 0 Å². The van der Waals surface area contributed by atoms with Crippen molar-refractivity contribution in [1.82, 2.24) is 5.32 Å². The molecular weight excluding hydrogens is 130 g/mol. The number of carbonyl (C=O) groups is 1. The number of hydrogen-bond acceptors (Lipinski definition) is 2. The summed E-state index contributed by atoms with van der Waals surface area (Å²) in [6, 6.07) is 0. The van der Waals surface area contributed by atoms with E-state index < -0.39 is 12.1 Å². The highest BCUT2D eigenvalue weighted by Crippen LogP contribution is 1.91. The molecule has 0 aliphatic heterocycles. The van der Waals surface area contributed by atoms with Crippen LogP contribution < -0.4 is 5.32 Å². The molecule has 56 valence electrons. The molecule has 0 aliphatic carbocycles. The molecule has 1 atom stereocenters. The zero-order chi connectivity index (χ0) is 8.15. The van der Waals surface area contributed by atoms with Crippen LogP contribution in [-0.2, 0) is 4.79 Å². The van der Waals surface area contributed by atoms with Crippen molar-refractivity contribution < 1.29 is 9.90 Å². The molecule has 0 rings (SSSR count). The van der Waals surface area contributed by atoms with Crippen molar-refractivity contribution >= 4 is 5.91 Å². The Kier molecular flexibility index (Phi) is 3.43. The minimum Gasteiger partial charge on any atom is -0.370 e. The van der Waals surface area contributed by atoms with E-state index >= 15 is 0 Å². The predicted molar refractivity (Wildman–Crippen MR) is 39.2 cm³/mol. The van der Waals surface area contributed by atoms with E-state index in [1.54, 1.807) is 6.92 Å². The molecule has 0 aromatic rings. The van der Waals surface area contributed by atoms with Crippen LogP contribution in [0.25, 0.3) is 0 Å². The Labute approximate surface area is 60.1 Å².